The van der Waals surface area contributed by atoms with Gasteiger partial charge in [0.2, 0.25) is 5.91 Å². The normalized spacial score (nSPS) is 20.5. The number of methoxy groups -OCH3 is 1. The molecule has 1 fully saturated rings. The average Bonchev–Trinajstić information content (AvgIpc) is 2.85. The molecule has 2 N–H and O–H groups in total. The number of sulfone groups is 1. The molecule has 11 heteroatoms. The standard InChI is InChI=1S/C24H24N2O8S/c1-33-18-9-7-16(8-10-18)13-34-24(30)21-17(12-27)14-35(31,32)23-20(22(29)26(21)23)25-19(28)11-15-5-3-2-4-6-15/h2-10,20,23,27H,11-14H2,1H3,(H,25,28)/t20-,23-/m0/s1. The summed E-state index contributed by atoms with van der Waals surface area (Å²) in [5.74, 6) is -2.23. The molecule has 2 aliphatic heterocycles. The van der Waals surface area contributed by atoms with E-state index in [1.807, 2.05) is 0 Å². The van der Waals surface area contributed by atoms with E-state index in [0.29, 0.717) is 16.9 Å². The number of benzene rings is 2. The van der Waals surface area contributed by atoms with Crippen molar-refractivity contribution in [3.8, 4) is 5.75 Å². The van der Waals surface area contributed by atoms with E-state index in [1.165, 1.54) is 7.11 Å². The second-order valence-corrected chi connectivity index (χ2v) is 10.2. The number of ether oxygens (including phenoxy) is 2. The Morgan fingerprint density at radius 1 is 1.09 bits per heavy atom. The number of rotatable bonds is 8. The number of amides is 2. The van der Waals surface area contributed by atoms with E-state index in [2.05, 4.69) is 5.32 Å². The Morgan fingerprint density at radius 3 is 2.40 bits per heavy atom. The molecule has 4 rings (SSSR count). The van der Waals surface area contributed by atoms with Crippen LogP contribution in [0.2, 0.25) is 0 Å². The molecule has 0 aromatic heterocycles. The van der Waals surface area contributed by atoms with Crippen LogP contribution in [0.3, 0.4) is 0 Å². The first-order chi connectivity index (χ1) is 16.7. The van der Waals surface area contributed by atoms with Crippen LogP contribution in [0, 0.1) is 0 Å². The molecule has 0 unspecified atom stereocenters. The van der Waals surface area contributed by atoms with Crippen molar-refractivity contribution in [1.82, 2.24) is 10.2 Å². The van der Waals surface area contributed by atoms with Crippen LogP contribution in [0.4, 0.5) is 0 Å². The number of hydrogen-bond acceptors (Lipinski definition) is 8. The van der Waals surface area contributed by atoms with Gasteiger partial charge in [-0.15, -0.1) is 0 Å². The van der Waals surface area contributed by atoms with E-state index >= 15 is 0 Å². The zero-order valence-electron chi connectivity index (χ0n) is 18.8. The molecule has 0 spiro atoms. The van der Waals surface area contributed by atoms with Crippen LogP contribution in [-0.2, 0) is 42.0 Å². The van der Waals surface area contributed by atoms with Gasteiger partial charge in [0.1, 0.15) is 24.1 Å². The van der Waals surface area contributed by atoms with Crippen LogP contribution in [-0.4, -0.2) is 67.1 Å². The maximum Gasteiger partial charge on any atom is 0.355 e. The Labute approximate surface area is 202 Å². The van der Waals surface area contributed by atoms with Gasteiger partial charge in [0.25, 0.3) is 5.91 Å². The molecule has 0 radical (unpaired) electrons. The number of hydrogen-bond donors (Lipinski definition) is 2. The molecule has 0 aliphatic carbocycles. The summed E-state index contributed by atoms with van der Waals surface area (Å²) in [7, 11) is -2.46. The molecular weight excluding hydrogens is 476 g/mol. The number of fused-ring (bicyclic) bond motifs is 1. The van der Waals surface area contributed by atoms with Crippen LogP contribution < -0.4 is 10.1 Å². The maximum atomic E-state index is 12.9. The van der Waals surface area contributed by atoms with Crippen molar-refractivity contribution in [1.29, 1.82) is 0 Å². The molecule has 2 aromatic carbocycles. The van der Waals surface area contributed by atoms with Gasteiger partial charge in [0, 0.05) is 5.57 Å². The summed E-state index contributed by atoms with van der Waals surface area (Å²) >= 11 is 0. The van der Waals surface area contributed by atoms with Gasteiger partial charge >= 0.3 is 5.97 Å². The monoisotopic (exact) mass is 500 g/mol. The second kappa shape index (κ2) is 9.88. The van der Waals surface area contributed by atoms with Gasteiger partial charge in [-0.25, -0.2) is 13.2 Å². The van der Waals surface area contributed by atoms with Gasteiger partial charge in [-0.2, -0.15) is 0 Å². The van der Waals surface area contributed by atoms with Crippen LogP contribution in [0.1, 0.15) is 11.1 Å². The van der Waals surface area contributed by atoms with Gasteiger partial charge in [-0.05, 0) is 23.3 Å². The summed E-state index contributed by atoms with van der Waals surface area (Å²) in [5, 5.41) is 10.7. The van der Waals surface area contributed by atoms with E-state index in [9.17, 15) is 27.9 Å². The lowest BCUT2D eigenvalue weighted by Crippen LogP contribution is -2.75. The summed E-state index contributed by atoms with van der Waals surface area (Å²) in [5.41, 5.74) is 0.902. The first-order valence-electron chi connectivity index (χ1n) is 10.8. The van der Waals surface area contributed by atoms with Crippen molar-refractivity contribution >= 4 is 27.6 Å². The second-order valence-electron chi connectivity index (χ2n) is 8.15. The fraction of sp³-hybridized carbons (Fsp3) is 0.292. The average molecular weight is 501 g/mol. The minimum atomic E-state index is -3.98. The van der Waals surface area contributed by atoms with Gasteiger partial charge in [-0.3, -0.25) is 14.5 Å². The number of β-lactam (4-membered cyclic amide) rings is 1. The zero-order valence-corrected chi connectivity index (χ0v) is 19.7. The van der Waals surface area contributed by atoms with E-state index in [1.54, 1.807) is 54.6 Å². The lowest BCUT2D eigenvalue weighted by molar-refractivity contribution is -0.153. The van der Waals surface area contributed by atoms with E-state index < -0.39 is 51.4 Å². The molecule has 2 aromatic rings. The molecule has 2 heterocycles. The van der Waals surface area contributed by atoms with Crippen molar-refractivity contribution < 1.29 is 37.4 Å². The maximum absolute atomic E-state index is 12.9. The van der Waals surface area contributed by atoms with Crippen molar-refractivity contribution in [2.24, 2.45) is 0 Å². The Balaban J connectivity index is 1.50. The quantitative estimate of drug-likeness (QED) is 0.390. The highest BCUT2D eigenvalue weighted by molar-refractivity contribution is 7.92. The third kappa shape index (κ3) is 4.91. The summed E-state index contributed by atoms with van der Waals surface area (Å²) in [4.78, 5) is 39.0. The van der Waals surface area contributed by atoms with Crippen molar-refractivity contribution in [2.45, 2.75) is 24.4 Å². The fourth-order valence-electron chi connectivity index (χ4n) is 4.08. The zero-order chi connectivity index (χ0) is 25.2. The third-order valence-corrected chi connectivity index (χ3v) is 7.77. The molecule has 2 amide bonds. The van der Waals surface area contributed by atoms with E-state index in [0.717, 1.165) is 4.90 Å². The molecule has 0 bridgehead atoms. The lowest BCUT2D eigenvalue weighted by atomic mass is 10.0. The molecule has 35 heavy (non-hydrogen) atoms. The summed E-state index contributed by atoms with van der Waals surface area (Å²) in [6, 6.07) is 14.2. The topological polar surface area (TPSA) is 139 Å². The van der Waals surface area contributed by atoms with Crippen molar-refractivity contribution in [3.63, 3.8) is 0 Å². The van der Waals surface area contributed by atoms with Crippen molar-refractivity contribution in [3.05, 3.63) is 77.0 Å². The van der Waals surface area contributed by atoms with Gasteiger partial charge < -0.3 is 19.9 Å². The minimum absolute atomic E-state index is 0.0358. The Morgan fingerprint density at radius 2 is 1.77 bits per heavy atom. The number of carbonyl (C=O) groups excluding carboxylic acids is 3. The van der Waals surface area contributed by atoms with Crippen LogP contribution in [0.5, 0.6) is 5.75 Å². The van der Waals surface area contributed by atoms with Gasteiger partial charge in [-0.1, -0.05) is 42.5 Å². The Bertz CT molecular complexity index is 1270. The number of nitrogens with zero attached hydrogens (tertiary/aromatic N) is 1. The van der Waals surface area contributed by atoms with Crippen LogP contribution in [0.25, 0.3) is 0 Å². The summed E-state index contributed by atoms with van der Waals surface area (Å²) in [6.45, 7) is -0.880. The fourth-order valence-corrected chi connectivity index (χ4v) is 6.09. The largest absolute Gasteiger partial charge is 0.497 e. The number of carbonyl (C=O) groups is 3. The smallest absolute Gasteiger partial charge is 0.355 e. The number of esters is 1. The van der Waals surface area contributed by atoms with Crippen LogP contribution >= 0.6 is 0 Å². The highest BCUT2D eigenvalue weighted by Gasteiger charge is 2.60. The first kappa shape index (κ1) is 24.4. The molecule has 10 nitrogen and oxygen atoms in total. The highest BCUT2D eigenvalue weighted by atomic mass is 32.2. The van der Waals surface area contributed by atoms with E-state index in [-0.39, 0.29) is 24.3 Å². The summed E-state index contributed by atoms with van der Waals surface area (Å²) in [6.07, 6.45) is -0.0358. The molecule has 184 valence electrons. The summed E-state index contributed by atoms with van der Waals surface area (Å²) < 4.78 is 36.1. The molecule has 1 saturated heterocycles. The number of aliphatic hydroxyl groups is 1. The molecular formula is C24H24N2O8S. The van der Waals surface area contributed by atoms with Crippen LogP contribution in [0.15, 0.2) is 65.9 Å². The van der Waals surface area contributed by atoms with Crippen molar-refractivity contribution in [2.75, 3.05) is 19.5 Å². The highest BCUT2D eigenvalue weighted by Crippen LogP contribution is 2.37. The predicted octanol–water partition coefficient (Wildman–Crippen LogP) is 0.309. The first-order valence-corrected chi connectivity index (χ1v) is 12.5. The molecule has 2 atom stereocenters. The number of nitrogens with one attached hydrogen (secondary N) is 1. The molecule has 2 aliphatic rings. The van der Waals surface area contributed by atoms with Gasteiger partial charge in [0.05, 0.1) is 25.9 Å². The Hall–Kier alpha value is -3.70. The van der Waals surface area contributed by atoms with E-state index in [4.69, 9.17) is 9.47 Å². The molecule has 0 saturated carbocycles. The predicted molar refractivity (Wildman–Crippen MR) is 123 cm³/mol. The SMILES string of the molecule is COc1ccc(COC(=O)C2=C(CO)CS(=O)(=O)[C@H]3[C@@H](NC(=O)Cc4ccccc4)C(=O)N23)cc1. The van der Waals surface area contributed by atoms with Gasteiger partial charge in [0.15, 0.2) is 15.2 Å². The minimum Gasteiger partial charge on any atom is -0.497 e. The Kier molecular flexibility index (Phi) is 6.90. The number of aliphatic hydroxyl groups excluding tert-OH is 1. The lowest BCUT2D eigenvalue weighted by Gasteiger charge is -2.49. The third-order valence-electron chi connectivity index (χ3n) is 5.80.